The first kappa shape index (κ1) is 24.4. The number of rotatable bonds is 9. The molecule has 0 fully saturated rings. The van der Waals surface area contributed by atoms with Gasteiger partial charge in [-0.1, -0.05) is 35.6 Å². The number of hydrogen-bond acceptors (Lipinski definition) is 7. The van der Waals surface area contributed by atoms with Crippen LogP contribution in [0, 0.1) is 11.3 Å². The summed E-state index contributed by atoms with van der Waals surface area (Å²) < 4.78 is 12.3. The molecule has 1 heterocycles. The number of nitrogens with zero attached hydrogens (tertiary/aromatic N) is 2. The molecular formula is C27H22N4O4S. The standard InChI is InChI=1S/C27H22N4O4S/c1-18(32)29-21-8-12-23(13-9-21)35-15-14-34-22-10-6-19(7-11-22)16-20(17-28)26(33)31-27-30-24-4-2-3-5-25(24)36-27/h2-13,16H,14-15H2,1H3,(H,29,32)(H,30,31,33). The number of carbonyl (C=O) groups is 2. The molecule has 4 aromatic rings. The SMILES string of the molecule is CC(=O)Nc1ccc(OCCOc2ccc(C=C(C#N)C(=O)Nc3nc4ccccc4s3)cc2)cc1. The molecule has 2 N–H and O–H groups in total. The average molecular weight is 499 g/mol. The zero-order chi connectivity index (χ0) is 25.3. The lowest BCUT2D eigenvalue weighted by molar-refractivity contribution is -0.114. The van der Waals surface area contributed by atoms with Gasteiger partial charge in [-0.15, -0.1) is 0 Å². The summed E-state index contributed by atoms with van der Waals surface area (Å²) in [5.41, 5.74) is 2.16. The Kier molecular flexibility index (Phi) is 7.90. The Morgan fingerprint density at radius 3 is 2.19 bits per heavy atom. The van der Waals surface area contributed by atoms with Gasteiger partial charge < -0.3 is 14.8 Å². The van der Waals surface area contributed by atoms with E-state index >= 15 is 0 Å². The highest BCUT2D eigenvalue weighted by atomic mass is 32.1. The van der Waals surface area contributed by atoms with Crippen LogP contribution in [0.15, 0.2) is 78.4 Å². The largest absolute Gasteiger partial charge is 0.490 e. The molecule has 0 bridgehead atoms. The predicted octanol–water partition coefficient (Wildman–Crippen LogP) is 5.26. The Bertz CT molecular complexity index is 1400. The van der Waals surface area contributed by atoms with Crippen molar-refractivity contribution in [2.75, 3.05) is 23.8 Å². The highest BCUT2D eigenvalue weighted by Crippen LogP contribution is 2.26. The topological polar surface area (TPSA) is 113 Å². The van der Waals surface area contributed by atoms with E-state index in [1.165, 1.54) is 24.3 Å². The van der Waals surface area contributed by atoms with Crippen LogP contribution in [-0.4, -0.2) is 30.0 Å². The normalized spacial score (nSPS) is 10.9. The molecule has 0 aliphatic rings. The number of para-hydroxylation sites is 1. The van der Waals surface area contributed by atoms with Crippen molar-refractivity contribution in [2.45, 2.75) is 6.92 Å². The molecule has 0 aliphatic carbocycles. The van der Waals surface area contributed by atoms with Crippen molar-refractivity contribution in [1.29, 1.82) is 5.26 Å². The smallest absolute Gasteiger partial charge is 0.268 e. The van der Waals surface area contributed by atoms with E-state index in [9.17, 15) is 14.9 Å². The van der Waals surface area contributed by atoms with E-state index in [2.05, 4.69) is 15.6 Å². The zero-order valence-corrected chi connectivity index (χ0v) is 20.2. The molecule has 9 heteroatoms. The number of nitriles is 1. The van der Waals surface area contributed by atoms with Crippen LogP contribution in [0.25, 0.3) is 16.3 Å². The molecule has 0 unspecified atom stereocenters. The maximum absolute atomic E-state index is 12.6. The van der Waals surface area contributed by atoms with Gasteiger partial charge >= 0.3 is 0 Å². The summed E-state index contributed by atoms with van der Waals surface area (Å²) in [5.74, 6) is 0.657. The van der Waals surface area contributed by atoms with Crippen LogP contribution in [0.2, 0.25) is 0 Å². The third-order valence-electron chi connectivity index (χ3n) is 4.87. The molecule has 0 saturated carbocycles. The fourth-order valence-electron chi connectivity index (χ4n) is 3.22. The molecule has 1 aromatic heterocycles. The van der Waals surface area contributed by atoms with Crippen LogP contribution in [0.4, 0.5) is 10.8 Å². The molecule has 180 valence electrons. The summed E-state index contributed by atoms with van der Waals surface area (Å²) in [4.78, 5) is 28.0. The van der Waals surface area contributed by atoms with Gasteiger partial charge in [-0.2, -0.15) is 5.26 Å². The Labute approximate surface area is 211 Å². The molecule has 8 nitrogen and oxygen atoms in total. The summed E-state index contributed by atoms with van der Waals surface area (Å²) in [6.07, 6.45) is 1.51. The third kappa shape index (κ3) is 6.68. The van der Waals surface area contributed by atoms with Crippen molar-refractivity contribution >= 4 is 50.3 Å². The van der Waals surface area contributed by atoms with Crippen molar-refractivity contribution < 1.29 is 19.1 Å². The first-order chi connectivity index (χ1) is 17.5. The van der Waals surface area contributed by atoms with Gasteiger partial charge in [0, 0.05) is 12.6 Å². The molecule has 0 radical (unpaired) electrons. The Morgan fingerprint density at radius 2 is 1.58 bits per heavy atom. The van der Waals surface area contributed by atoms with Gasteiger partial charge in [0.25, 0.3) is 5.91 Å². The van der Waals surface area contributed by atoms with Crippen LogP contribution in [0.3, 0.4) is 0 Å². The number of amides is 2. The van der Waals surface area contributed by atoms with E-state index in [4.69, 9.17) is 9.47 Å². The number of nitrogens with one attached hydrogen (secondary N) is 2. The highest BCUT2D eigenvalue weighted by Gasteiger charge is 2.12. The maximum Gasteiger partial charge on any atom is 0.268 e. The average Bonchev–Trinajstić information content (AvgIpc) is 3.29. The minimum atomic E-state index is -0.515. The van der Waals surface area contributed by atoms with Gasteiger partial charge in [0.05, 0.1) is 10.2 Å². The predicted molar refractivity (Wildman–Crippen MR) is 140 cm³/mol. The second-order valence-electron chi connectivity index (χ2n) is 7.58. The van der Waals surface area contributed by atoms with Gasteiger partial charge in [-0.3, -0.25) is 14.9 Å². The molecule has 0 spiro atoms. The van der Waals surface area contributed by atoms with Crippen LogP contribution < -0.4 is 20.1 Å². The van der Waals surface area contributed by atoms with Crippen molar-refractivity contribution in [3.8, 4) is 17.6 Å². The van der Waals surface area contributed by atoms with E-state index in [-0.39, 0.29) is 11.5 Å². The van der Waals surface area contributed by atoms with Crippen LogP contribution in [-0.2, 0) is 9.59 Å². The summed E-state index contributed by atoms with van der Waals surface area (Å²) in [6.45, 7) is 2.12. The number of hydrogen-bond donors (Lipinski definition) is 2. The number of fused-ring (bicyclic) bond motifs is 1. The highest BCUT2D eigenvalue weighted by molar-refractivity contribution is 7.22. The lowest BCUT2D eigenvalue weighted by Gasteiger charge is -2.09. The van der Waals surface area contributed by atoms with Gasteiger partial charge in [0.15, 0.2) is 5.13 Å². The zero-order valence-electron chi connectivity index (χ0n) is 19.4. The van der Waals surface area contributed by atoms with Gasteiger partial charge in [0.1, 0.15) is 36.4 Å². The van der Waals surface area contributed by atoms with Crippen molar-refractivity contribution in [1.82, 2.24) is 4.98 Å². The molecule has 3 aromatic carbocycles. The van der Waals surface area contributed by atoms with E-state index in [0.29, 0.717) is 41.1 Å². The summed E-state index contributed by atoms with van der Waals surface area (Å²) >= 11 is 1.35. The number of carbonyl (C=O) groups excluding carboxylic acids is 2. The lowest BCUT2D eigenvalue weighted by atomic mass is 10.1. The van der Waals surface area contributed by atoms with Gasteiger partial charge in [-0.25, -0.2) is 4.98 Å². The van der Waals surface area contributed by atoms with Crippen LogP contribution in [0.1, 0.15) is 12.5 Å². The Morgan fingerprint density at radius 1 is 0.944 bits per heavy atom. The lowest BCUT2D eigenvalue weighted by Crippen LogP contribution is -2.13. The van der Waals surface area contributed by atoms with Crippen molar-refractivity contribution in [2.24, 2.45) is 0 Å². The first-order valence-electron chi connectivity index (χ1n) is 11.0. The minimum Gasteiger partial charge on any atom is -0.490 e. The van der Waals surface area contributed by atoms with E-state index in [1.807, 2.05) is 30.3 Å². The fraction of sp³-hybridized carbons (Fsp3) is 0.111. The second kappa shape index (κ2) is 11.6. The van der Waals surface area contributed by atoms with Crippen LogP contribution in [0.5, 0.6) is 11.5 Å². The van der Waals surface area contributed by atoms with Crippen molar-refractivity contribution in [3.63, 3.8) is 0 Å². The molecule has 0 atom stereocenters. The van der Waals surface area contributed by atoms with E-state index < -0.39 is 5.91 Å². The number of anilines is 2. The Balaban J connectivity index is 1.27. The minimum absolute atomic E-state index is 0.0270. The number of benzene rings is 3. The van der Waals surface area contributed by atoms with Crippen LogP contribution >= 0.6 is 11.3 Å². The quantitative estimate of drug-likeness (QED) is 0.185. The number of ether oxygens (including phenoxy) is 2. The first-order valence-corrected chi connectivity index (χ1v) is 11.8. The molecule has 0 saturated heterocycles. The van der Waals surface area contributed by atoms with Gasteiger partial charge in [0.2, 0.25) is 5.91 Å². The monoisotopic (exact) mass is 498 g/mol. The fourth-order valence-corrected chi connectivity index (χ4v) is 4.08. The molecule has 4 rings (SSSR count). The van der Waals surface area contributed by atoms with Crippen molar-refractivity contribution in [3.05, 3.63) is 83.9 Å². The molecule has 36 heavy (non-hydrogen) atoms. The maximum atomic E-state index is 12.6. The van der Waals surface area contributed by atoms with Gasteiger partial charge in [-0.05, 0) is 60.2 Å². The molecule has 2 amide bonds. The second-order valence-corrected chi connectivity index (χ2v) is 8.61. The molecule has 0 aliphatic heterocycles. The summed E-state index contributed by atoms with van der Waals surface area (Å²) in [7, 11) is 0. The van der Waals surface area contributed by atoms with E-state index in [0.717, 1.165) is 10.2 Å². The molecular weight excluding hydrogens is 476 g/mol. The Hall–Kier alpha value is -4.68. The summed E-state index contributed by atoms with van der Waals surface area (Å²) in [6, 6.07) is 23.6. The summed E-state index contributed by atoms with van der Waals surface area (Å²) in [5, 5.41) is 15.3. The number of thiazole rings is 1. The van der Waals surface area contributed by atoms with E-state index in [1.54, 1.807) is 48.5 Å². The third-order valence-corrected chi connectivity index (χ3v) is 5.82. The number of aromatic nitrogens is 1.